The van der Waals surface area contributed by atoms with Crippen LogP contribution in [0, 0.1) is 0 Å². The second-order valence-corrected chi connectivity index (χ2v) is 4.11. The van der Waals surface area contributed by atoms with Crippen molar-refractivity contribution in [1.82, 2.24) is 9.55 Å². The van der Waals surface area contributed by atoms with Gasteiger partial charge in [0.05, 0.1) is 11.0 Å². The van der Waals surface area contributed by atoms with Gasteiger partial charge < -0.3 is 9.30 Å². The van der Waals surface area contributed by atoms with E-state index in [0.717, 1.165) is 11.3 Å². The van der Waals surface area contributed by atoms with E-state index in [9.17, 15) is 0 Å². The molecule has 0 atom stereocenters. The summed E-state index contributed by atoms with van der Waals surface area (Å²) in [5.74, 6) is 0.934. The fourth-order valence-electron chi connectivity index (χ4n) is 2.47. The monoisotopic (exact) mass is 222 g/mol. The van der Waals surface area contributed by atoms with Gasteiger partial charge >= 0.3 is 0 Å². The first-order chi connectivity index (χ1) is 8.45. The normalized spacial score (nSPS) is 13.9. The molecule has 1 aromatic carbocycles. The van der Waals surface area contributed by atoms with Gasteiger partial charge in [-0.05, 0) is 18.2 Å². The van der Waals surface area contributed by atoms with Gasteiger partial charge in [-0.1, -0.05) is 12.1 Å². The highest BCUT2D eigenvalue weighted by molar-refractivity contribution is 6.11. The average molecular weight is 222 g/mol. The molecule has 3 heteroatoms. The highest BCUT2D eigenvalue weighted by atomic mass is 16.5. The molecule has 4 rings (SSSR count). The lowest BCUT2D eigenvalue weighted by atomic mass is 10.2. The second-order valence-electron chi connectivity index (χ2n) is 4.11. The molecule has 1 aliphatic rings. The van der Waals surface area contributed by atoms with Gasteiger partial charge in [0, 0.05) is 29.4 Å². The maximum atomic E-state index is 5.72. The molecule has 0 saturated carbocycles. The van der Waals surface area contributed by atoms with Crippen molar-refractivity contribution in [2.24, 2.45) is 0 Å². The molecule has 17 heavy (non-hydrogen) atoms. The van der Waals surface area contributed by atoms with E-state index in [0.29, 0.717) is 6.61 Å². The molecule has 0 radical (unpaired) electrons. The van der Waals surface area contributed by atoms with Gasteiger partial charge in [0.2, 0.25) is 0 Å². The molecule has 0 saturated heterocycles. The largest absolute Gasteiger partial charge is 0.487 e. The van der Waals surface area contributed by atoms with Crippen LogP contribution in [-0.2, 0) is 0 Å². The van der Waals surface area contributed by atoms with Gasteiger partial charge in [0.1, 0.15) is 12.4 Å². The lowest BCUT2D eigenvalue weighted by molar-refractivity contribution is 0.369. The van der Waals surface area contributed by atoms with E-state index >= 15 is 0 Å². The quantitative estimate of drug-likeness (QED) is 0.584. The molecule has 2 aromatic heterocycles. The number of fused-ring (bicyclic) bond motifs is 3. The molecule has 3 nitrogen and oxygen atoms in total. The van der Waals surface area contributed by atoms with Crippen molar-refractivity contribution in [1.29, 1.82) is 0 Å². The minimum absolute atomic E-state index is 0.618. The molecule has 82 valence electrons. The molecule has 0 spiro atoms. The Morgan fingerprint density at radius 3 is 3.18 bits per heavy atom. The molecule has 0 unspecified atom stereocenters. The number of ether oxygens (including phenoxy) is 1. The van der Waals surface area contributed by atoms with E-state index in [4.69, 9.17) is 4.74 Å². The predicted molar refractivity (Wildman–Crippen MR) is 68.1 cm³/mol. The molecule has 3 heterocycles. The topological polar surface area (TPSA) is 27.1 Å². The van der Waals surface area contributed by atoms with Gasteiger partial charge in [-0.15, -0.1) is 0 Å². The Hall–Kier alpha value is -2.29. The number of rotatable bonds is 0. The number of hydrogen-bond donors (Lipinski definition) is 0. The number of hydrogen-bond acceptors (Lipinski definition) is 2. The fourth-order valence-corrected chi connectivity index (χ4v) is 2.47. The number of para-hydroxylation sites is 1. The maximum Gasteiger partial charge on any atom is 0.144 e. The first-order valence-electron chi connectivity index (χ1n) is 5.61. The van der Waals surface area contributed by atoms with Crippen molar-refractivity contribution in [3.05, 3.63) is 42.7 Å². The average Bonchev–Trinajstić information content (AvgIpc) is 2.56. The summed E-state index contributed by atoms with van der Waals surface area (Å²) in [6.45, 7) is 0.618. The Morgan fingerprint density at radius 1 is 1.18 bits per heavy atom. The predicted octanol–water partition coefficient (Wildman–Crippen LogP) is 3.05. The molecular weight excluding hydrogens is 212 g/mol. The van der Waals surface area contributed by atoms with Crippen LogP contribution in [0.5, 0.6) is 5.75 Å². The van der Waals surface area contributed by atoms with E-state index in [2.05, 4.69) is 21.8 Å². The van der Waals surface area contributed by atoms with E-state index in [1.54, 1.807) is 0 Å². The van der Waals surface area contributed by atoms with Gasteiger partial charge in [-0.3, -0.25) is 4.98 Å². The summed E-state index contributed by atoms with van der Waals surface area (Å²) in [4.78, 5) is 4.21. The molecule has 1 aliphatic heterocycles. The van der Waals surface area contributed by atoms with Crippen LogP contribution in [-0.4, -0.2) is 16.2 Å². The number of pyridine rings is 1. The third kappa shape index (κ3) is 1.08. The Bertz CT molecular complexity index is 755. The van der Waals surface area contributed by atoms with Crippen molar-refractivity contribution in [2.45, 2.75) is 0 Å². The van der Waals surface area contributed by atoms with Gasteiger partial charge in [0.15, 0.2) is 0 Å². The fraction of sp³-hybridized carbons (Fsp3) is 0.0714. The minimum Gasteiger partial charge on any atom is -0.487 e. The van der Waals surface area contributed by atoms with Crippen molar-refractivity contribution in [3.63, 3.8) is 0 Å². The Labute approximate surface area is 97.9 Å². The smallest absolute Gasteiger partial charge is 0.144 e. The highest BCUT2D eigenvalue weighted by Gasteiger charge is 2.14. The Kier molecular flexibility index (Phi) is 1.61. The Morgan fingerprint density at radius 2 is 2.18 bits per heavy atom. The van der Waals surface area contributed by atoms with Crippen LogP contribution in [0.4, 0.5) is 0 Å². The van der Waals surface area contributed by atoms with Crippen LogP contribution in [0.15, 0.2) is 42.7 Å². The zero-order valence-electron chi connectivity index (χ0n) is 9.13. The Balaban J connectivity index is 2.35. The van der Waals surface area contributed by atoms with Crippen LogP contribution < -0.4 is 4.74 Å². The van der Waals surface area contributed by atoms with Crippen molar-refractivity contribution >= 4 is 28.0 Å². The summed E-state index contributed by atoms with van der Waals surface area (Å²) in [6, 6.07) is 8.19. The summed E-state index contributed by atoms with van der Waals surface area (Å²) >= 11 is 0. The van der Waals surface area contributed by atoms with Gasteiger partial charge in [-0.2, -0.15) is 0 Å². The SMILES string of the molecule is C1=Cn2c3ccncc3c3cccc(c32)OC1. The molecule has 0 N–H and O–H groups in total. The van der Waals surface area contributed by atoms with E-state index < -0.39 is 0 Å². The van der Waals surface area contributed by atoms with Crippen LogP contribution in [0.2, 0.25) is 0 Å². The molecule has 0 aliphatic carbocycles. The zero-order chi connectivity index (χ0) is 11.2. The van der Waals surface area contributed by atoms with Crippen molar-refractivity contribution < 1.29 is 4.74 Å². The maximum absolute atomic E-state index is 5.72. The van der Waals surface area contributed by atoms with Gasteiger partial charge in [0.25, 0.3) is 0 Å². The molecule has 0 fully saturated rings. The van der Waals surface area contributed by atoms with Crippen LogP contribution in [0.25, 0.3) is 28.0 Å². The second kappa shape index (κ2) is 3.10. The number of nitrogens with zero attached hydrogens (tertiary/aromatic N) is 2. The number of aromatic nitrogens is 2. The van der Waals surface area contributed by atoms with Crippen LogP contribution in [0.1, 0.15) is 0 Å². The molecule has 3 aromatic rings. The molecule has 0 amide bonds. The highest BCUT2D eigenvalue weighted by Crippen LogP contribution is 2.35. The lowest BCUT2D eigenvalue weighted by Crippen LogP contribution is -1.91. The molecular formula is C14H10N2O. The standard InChI is InChI=1S/C14H10N2O/c1-3-10-11-9-15-6-5-12(11)16-7-2-8-17-13(4-1)14(10)16/h1-7,9H,8H2. The van der Waals surface area contributed by atoms with E-state index in [1.165, 1.54) is 16.3 Å². The first-order valence-corrected chi connectivity index (χ1v) is 5.61. The van der Waals surface area contributed by atoms with Gasteiger partial charge in [-0.25, -0.2) is 0 Å². The summed E-state index contributed by atoms with van der Waals surface area (Å²) in [5, 5.41) is 2.36. The van der Waals surface area contributed by atoms with E-state index in [-0.39, 0.29) is 0 Å². The summed E-state index contributed by atoms with van der Waals surface area (Å²) < 4.78 is 7.90. The van der Waals surface area contributed by atoms with E-state index in [1.807, 2.05) is 36.7 Å². The summed E-state index contributed by atoms with van der Waals surface area (Å²) in [6.07, 6.45) is 7.83. The summed E-state index contributed by atoms with van der Waals surface area (Å²) in [7, 11) is 0. The first kappa shape index (κ1) is 8.82. The third-order valence-electron chi connectivity index (χ3n) is 3.18. The summed E-state index contributed by atoms with van der Waals surface area (Å²) in [5.41, 5.74) is 2.30. The lowest BCUT2D eigenvalue weighted by Gasteiger charge is -2.03. The minimum atomic E-state index is 0.618. The van der Waals surface area contributed by atoms with Crippen molar-refractivity contribution in [2.75, 3.05) is 6.61 Å². The zero-order valence-corrected chi connectivity index (χ0v) is 9.13. The van der Waals surface area contributed by atoms with Crippen molar-refractivity contribution in [3.8, 4) is 5.75 Å². The van der Waals surface area contributed by atoms with Crippen LogP contribution in [0.3, 0.4) is 0 Å². The van der Waals surface area contributed by atoms with Crippen LogP contribution >= 0.6 is 0 Å². The number of benzene rings is 1. The molecule has 0 bridgehead atoms. The third-order valence-corrected chi connectivity index (χ3v) is 3.18.